The van der Waals surface area contributed by atoms with Gasteiger partial charge in [-0.3, -0.25) is 0 Å². The molecule has 1 N–H and O–H groups in total. The third kappa shape index (κ3) is 5.47. The molecule has 2 rings (SSSR count). The second-order valence-electron chi connectivity index (χ2n) is 5.58. The van der Waals surface area contributed by atoms with Crippen LogP contribution in [0.3, 0.4) is 0 Å². The monoisotopic (exact) mass is 424 g/mol. The van der Waals surface area contributed by atoms with Crippen LogP contribution in [0.25, 0.3) is 0 Å². The molecule has 2 aromatic rings. The molecule has 0 aliphatic heterocycles. The fraction of sp³-hybridized carbons (Fsp3) is 0.235. The van der Waals surface area contributed by atoms with Crippen molar-refractivity contribution >= 4 is 24.5 Å². The molecule has 0 spiro atoms. The van der Waals surface area contributed by atoms with E-state index >= 15 is 0 Å². The number of amides is 2. The molecule has 0 bridgehead atoms. The number of halogens is 6. The lowest BCUT2D eigenvalue weighted by Crippen LogP contribution is -2.33. The van der Waals surface area contributed by atoms with Gasteiger partial charge in [0.1, 0.15) is 5.75 Å². The highest BCUT2D eigenvalue weighted by atomic mass is 32.1. The lowest BCUT2D eigenvalue weighted by molar-refractivity contribution is -0.143. The van der Waals surface area contributed by atoms with Crippen LogP contribution in [0.4, 0.5) is 36.8 Å². The molecule has 4 nitrogen and oxygen atoms in total. The lowest BCUT2D eigenvalue weighted by Gasteiger charge is -2.20. The quantitative estimate of drug-likeness (QED) is 0.517. The summed E-state index contributed by atoms with van der Waals surface area (Å²) in [7, 11) is 1.47. The van der Waals surface area contributed by atoms with Gasteiger partial charge in [0, 0.05) is 6.54 Å². The van der Waals surface area contributed by atoms with Gasteiger partial charge in [0.15, 0.2) is 0 Å². The van der Waals surface area contributed by atoms with Crippen LogP contribution >= 0.6 is 12.8 Å². The number of carbonyl (C=O) groups excluding carboxylic acids is 1. The Bertz CT molecular complexity index is 805. The summed E-state index contributed by atoms with van der Waals surface area (Å²) in [6, 6.07) is 6.32. The second-order valence-corrected chi connectivity index (χ2v) is 5.98. The number of rotatable bonds is 4. The third-order valence-electron chi connectivity index (χ3n) is 3.61. The summed E-state index contributed by atoms with van der Waals surface area (Å²) < 4.78 is 82.8. The Morgan fingerprint density at radius 1 is 1.00 bits per heavy atom. The molecule has 0 unspecified atom stereocenters. The third-order valence-corrected chi connectivity index (χ3v) is 4.02. The number of urea groups is 1. The first-order valence-electron chi connectivity index (χ1n) is 7.61. The number of nitrogens with zero attached hydrogens (tertiary/aromatic N) is 1. The maximum atomic E-state index is 12.9. The molecule has 0 atom stereocenters. The fourth-order valence-electron chi connectivity index (χ4n) is 2.17. The van der Waals surface area contributed by atoms with E-state index in [-0.39, 0.29) is 12.6 Å². The van der Waals surface area contributed by atoms with Gasteiger partial charge in [-0.05, 0) is 35.9 Å². The van der Waals surface area contributed by atoms with Crippen molar-refractivity contribution in [1.29, 1.82) is 0 Å². The maximum absolute atomic E-state index is 12.9. The Labute approximate surface area is 161 Å². The number of alkyl halides is 6. The molecular formula is C17H14F6N2O2S. The minimum Gasteiger partial charge on any atom is -0.497 e. The average molecular weight is 424 g/mol. The van der Waals surface area contributed by atoms with Crippen LogP contribution in [-0.4, -0.2) is 13.1 Å². The van der Waals surface area contributed by atoms with Crippen molar-refractivity contribution < 1.29 is 35.9 Å². The standard InChI is InChI=1S/C17H14F6N2O2S/c1-27-14-4-2-10(3-5-14)9-24-15(26)25(28)13-7-11(16(18,19)20)6-12(8-13)17(21,22)23/h2-8,28H,9H2,1H3,(H,24,26). The molecule has 152 valence electrons. The van der Waals surface area contributed by atoms with Gasteiger partial charge < -0.3 is 10.1 Å². The highest BCUT2D eigenvalue weighted by Gasteiger charge is 2.37. The van der Waals surface area contributed by atoms with Gasteiger partial charge in [-0.1, -0.05) is 24.9 Å². The van der Waals surface area contributed by atoms with Gasteiger partial charge in [0.25, 0.3) is 0 Å². The fourth-order valence-corrected chi connectivity index (χ4v) is 2.36. The van der Waals surface area contributed by atoms with Crippen LogP contribution in [0.5, 0.6) is 5.75 Å². The molecule has 0 saturated carbocycles. The highest BCUT2D eigenvalue weighted by molar-refractivity contribution is 7.82. The lowest BCUT2D eigenvalue weighted by atomic mass is 10.1. The molecule has 2 aromatic carbocycles. The second kappa shape index (κ2) is 8.21. The summed E-state index contributed by atoms with van der Waals surface area (Å²) in [6.07, 6.45) is -10.0. The summed E-state index contributed by atoms with van der Waals surface area (Å²) in [5, 5.41) is 2.36. The van der Waals surface area contributed by atoms with E-state index < -0.39 is 35.2 Å². The van der Waals surface area contributed by atoms with Crippen molar-refractivity contribution in [2.24, 2.45) is 0 Å². The predicted molar refractivity (Wildman–Crippen MR) is 93.1 cm³/mol. The molecule has 0 aliphatic rings. The molecule has 0 radical (unpaired) electrons. The zero-order valence-corrected chi connectivity index (χ0v) is 15.1. The van der Waals surface area contributed by atoms with Crippen molar-refractivity contribution in [3.05, 3.63) is 59.2 Å². The number of ether oxygens (including phenoxy) is 1. The number of benzene rings is 2. The van der Waals surface area contributed by atoms with Gasteiger partial charge in [0.2, 0.25) is 0 Å². The van der Waals surface area contributed by atoms with Gasteiger partial charge in [0.05, 0.1) is 23.9 Å². The zero-order valence-electron chi connectivity index (χ0n) is 14.2. The largest absolute Gasteiger partial charge is 0.497 e. The van der Waals surface area contributed by atoms with E-state index in [0.717, 1.165) is 0 Å². The summed E-state index contributed by atoms with van der Waals surface area (Å²) in [5.41, 5.74) is -3.12. The first-order chi connectivity index (χ1) is 12.9. The van der Waals surface area contributed by atoms with Gasteiger partial charge >= 0.3 is 18.4 Å². The summed E-state index contributed by atoms with van der Waals surface area (Å²) in [5.74, 6) is 0.578. The number of hydrogen-bond acceptors (Lipinski definition) is 3. The topological polar surface area (TPSA) is 41.6 Å². The van der Waals surface area contributed by atoms with Crippen molar-refractivity contribution in [3.63, 3.8) is 0 Å². The van der Waals surface area contributed by atoms with Crippen molar-refractivity contribution in [2.45, 2.75) is 18.9 Å². The van der Waals surface area contributed by atoms with Crippen LogP contribution in [0.15, 0.2) is 42.5 Å². The predicted octanol–water partition coefficient (Wildman–Crippen LogP) is 5.29. The Morgan fingerprint density at radius 3 is 1.93 bits per heavy atom. The van der Waals surface area contributed by atoms with Gasteiger partial charge in [-0.2, -0.15) is 26.3 Å². The van der Waals surface area contributed by atoms with Crippen molar-refractivity contribution in [3.8, 4) is 5.75 Å². The zero-order chi connectivity index (χ0) is 21.1. The maximum Gasteiger partial charge on any atom is 0.416 e. The number of hydrogen-bond donors (Lipinski definition) is 2. The van der Waals surface area contributed by atoms with Crippen LogP contribution in [0.2, 0.25) is 0 Å². The molecule has 0 fully saturated rings. The molecular weight excluding hydrogens is 410 g/mol. The van der Waals surface area contributed by atoms with E-state index in [9.17, 15) is 31.1 Å². The molecule has 28 heavy (non-hydrogen) atoms. The minimum absolute atomic E-state index is 0.0228. The Kier molecular flexibility index (Phi) is 6.37. The minimum atomic E-state index is -5.02. The van der Waals surface area contributed by atoms with E-state index in [0.29, 0.717) is 27.8 Å². The van der Waals surface area contributed by atoms with Crippen LogP contribution in [0, 0.1) is 0 Å². The van der Waals surface area contributed by atoms with Crippen LogP contribution in [0.1, 0.15) is 16.7 Å². The average Bonchev–Trinajstić information content (AvgIpc) is 2.64. The first kappa shape index (κ1) is 21.7. The van der Waals surface area contributed by atoms with Crippen molar-refractivity contribution in [2.75, 3.05) is 11.4 Å². The van der Waals surface area contributed by atoms with Gasteiger partial charge in [-0.25, -0.2) is 9.10 Å². The smallest absolute Gasteiger partial charge is 0.416 e. The Balaban J connectivity index is 2.21. The first-order valence-corrected chi connectivity index (χ1v) is 8.01. The van der Waals surface area contributed by atoms with E-state index in [2.05, 4.69) is 18.1 Å². The number of thiol groups is 1. The summed E-state index contributed by atoms with van der Waals surface area (Å²) in [4.78, 5) is 12.1. The van der Waals surface area contributed by atoms with Gasteiger partial charge in [-0.15, -0.1) is 0 Å². The molecule has 0 aromatic heterocycles. The highest BCUT2D eigenvalue weighted by Crippen LogP contribution is 2.38. The number of nitrogens with one attached hydrogen (secondary N) is 1. The molecule has 0 saturated heterocycles. The van der Waals surface area contributed by atoms with E-state index in [1.807, 2.05) is 0 Å². The van der Waals surface area contributed by atoms with E-state index in [1.165, 1.54) is 7.11 Å². The summed E-state index contributed by atoms with van der Waals surface area (Å²) in [6.45, 7) is -0.0228. The summed E-state index contributed by atoms with van der Waals surface area (Å²) >= 11 is 3.74. The van der Waals surface area contributed by atoms with E-state index in [1.54, 1.807) is 24.3 Å². The normalized spacial score (nSPS) is 11.9. The number of methoxy groups -OCH3 is 1. The number of anilines is 1. The Morgan fingerprint density at radius 2 is 1.50 bits per heavy atom. The Hall–Kier alpha value is -2.56. The van der Waals surface area contributed by atoms with Crippen molar-refractivity contribution in [1.82, 2.24) is 5.32 Å². The van der Waals surface area contributed by atoms with Crippen LogP contribution in [-0.2, 0) is 18.9 Å². The van der Waals surface area contributed by atoms with Crippen LogP contribution < -0.4 is 14.4 Å². The molecule has 0 heterocycles. The SMILES string of the molecule is COc1ccc(CNC(=O)N(S)c2cc(C(F)(F)F)cc(C(F)(F)F)c2)cc1. The molecule has 2 amide bonds. The molecule has 11 heteroatoms. The van der Waals surface area contributed by atoms with E-state index in [4.69, 9.17) is 4.74 Å². The number of carbonyl (C=O) groups is 1. The molecule has 0 aliphatic carbocycles.